The fourth-order valence-electron chi connectivity index (χ4n) is 2.68. The highest BCUT2D eigenvalue weighted by Gasteiger charge is 2.18. The number of carbonyl (C=O) groups excluding carboxylic acids is 2. The molecule has 1 aliphatic heterocycles. The molecular formula is C19H14FN3O3S2. The topological polar surface area (TPSA) is 80.3 Å². The van der Waals surface area contributed by atoms with Gasteiger partial charge in [0, 0.05) is 21.4 Å². The van der Waals surface area contributed by atoms with Gasteiger partial charge in [0.2, 0.25) is 5.91 Å². The lowest BCUT2D eigenvalue weighted by atomic mass is 10.1. The maximum atomic E-state index is 13.9. The predicted molar refractivity (Wildman–Crippen MR) is 108 cm³/mol. The van der Waals surface area contributed by atoms with Crippen molar-refractivity contribution in [3.63, 3.8) is 0 Å². The van der Waals surface area contributed by atoms with Crippen LogP contribution < -0.4 is 15.4 Å². The normalized spacial score (nSPS) is 12.9. The lowest BCUT2D eigenvalue weighted by Crippen LogP contribution is -2.19. The second kappa shape index (κ2) is 7.61. The molecule has 6 nitrogen and oxygen atoms in total. The number of hydrogen-bond donors (Lipinski definition) is 2. The van der Waals surface area contributed by atoms with Gasteiger partial charge in [-0.15, -0.1) is 23.1 Å². The average Bonchev–Trinajstić information content (AvgIpc) is 3.15. The summed E-state index contributed by atoms with van der Waals surface area (Å²) in [6.45, 7) is 0. The van der Waals surface area contributed by atoms with Crippen LogP contribution in [0.15, 0.2) is 46.7 Å². The Morgan fingerprint density at radius 1 is 1.29 bits per heavy atom. The van der Waals surface area contributed by atoms with Crippen LogP contribution in [0.1, 0.15) is 10.4 Å². The number of amides is 2. The van der Waals surface area contributed by atoms with Crippen LogP contribution in [-0.4, -0.2) is 29.7 Å². The summed E-state index contributed by atoms with van der Waals surface area (Å²) in [5, 5.41) is 7.63. The molecule has 9 heteroatoms. The third-order valence-electron chi connectivity index (χ3n) is 4.05. The van der Waals surface area contributed by atoms with E-state index in [1.165, 1.54) is 42.3 Å². The van der Waals surface area contributed by atoms with Crippen LogP contribution >= 0.6 is 23.1 Å². The van der Waals surface area contributed by atoms with Crippen molar-refractivity contribution in [2.45, 2.75) is 4.90 Å². The molecule has 2 aromatic carbocycles. The molecule has 0 aliphatic carbocycles. The van der Waals surface area contributed by atoms with E-state index in [1.54, 1.807) is 23.6 Å². The first-order chi connectivity index (χ1) is 13.5. The van der Waals surface area contributed by atoms with Crippen LogP contribution in [0.25, 0.3) is 11.3 Å². The number of rotatable bonds is 4. The van der Waals surface area contributed by atoms with Crippen molar-refractivity contribution < 1.29 is 18.7 Å². The average molecular weight is 415 g/mol. The van der Waals surface area contributed by atoms with Gasteiger partial charge in [0.25, 0.3) is 5.91 Å². The van der Waals surface area contributed by atoms with E-state index in [2.05, 4.69) is 15.6 Å². The zero-order chi connectivity index (χ0) is 19.7. The van der Waals surface area contributed by atoms with Gasteiger partial charge in [0.15, 0.2) is 16.7 Å². The van der Waals surface area contributed by atoms with Gasteiger partial charge in [0.1, 0.15) is 0 Å². The fraction of sp³-hybridized carbons (Fsp3) is 0.105. The van der Waals surface area contributed by atoms with Gasteiger partial charge in [-0.25, -0.2) is 9.37 Å². The molecule has 0 saturated heterocycles. The van der Waals surface area contributed by atoms with Crippen LogP contribution in [0.4, 0.5) is 15.2 Å². The Morgan fingerprint density at radius 2 is 2.14 bits per heavy atom. The molecule has 1 aliphatic rings. The Balaban J connectivity index is 1.51. The molecule has 2 heterocycles. The van der Waals surface area contributed by atoms with Crippen LogP contribution in [0.5, 0.6) is 5.75 Å². The molecule has 0 spiro atoms. The summed E-state index contributed by atoms with van der Waals surface area (Å²) < 4.78 is 18.8. The quantitative estimate of drug-likeness (QED) is 0.666. The monoisotopic (exact) mass is 415 g/mol. The molecular weight excluding hydrogens is 401 g/mol. The number of thiazole rings is 1. The Hall–Kier alpha value is -2.91. The molecule has 28 heavy (non-hydrogen) atoms. The number of anilines is 2. The number of carbonyl (C=O) groups is 2. The summed E-state index contributed by atoms with van der Waals surface area (Å²) >= 11 is 2.67. The first kappa shape index (κ1) is 18.5. The largest absolute Gasteiger partial charge is 0.494 e. The number of methoxy groups -OCH3 is 1. The van der Waals surface area contributed by atoms with E-state index in [9.17, 15) is 14.0 Å². The predicted octanol–water partition coefficient (Wildman–Crippen LogP) is 4.25. The number of ether oxygens (including phenoxy) is 1. The number of nitrogens with one attached hydrogen (secondary N) is 2. The standard InChI is InChI=1S/C19H14FN3O3S2/c1-26-15-4-2-10(6-12(15)20)14-8-28-19(22-14)23-18(25)11-3-5-16-13(7-11)21-17(24)9-27-16/h2-8H,9H2,1H3,(H,21,24)(H,22,23,25). The fourth-order valence-corrected chi connectivity index (χ4v) is 4.19. The minimum Gasteiger partial charge on any atom is -0.494 e. The van der Waals surface area contributed by atoms with E-state index in [4.69, 9.17) is 4.74 Å². The minimum absolute atomic E-state index is 0.0913. The molecule has 0 unspecified atom stereocenters. The van der Waals surface area contributed by atoms with Crippen molar-refractivity contribution in [3.05, 3.63) is 53.2 Å². The number of benzene rings is 2. The summed E-state index contributed by atoms with van der Waals surface area (Å²) in [7, 11) is 1.40. The van der Waals surface area contributed by atoms with Gasteiger partial charge in [-0.3, -0.25) is 14.9 Å². The van der Waals surface area contributed by atoms with Gasteiger partial charge < -0.3 is 10.1 Å². The van der Waals surface area contributed by atoms with Crippen molar-refractivity contribution >= 4 is 45.7 Å². The first-order valence-corrected chi connectivity index (χ1v) is 10.1. The minimum atomic E-state index is -0.479. The highest BCUT2D eigenvalue weighted by atomic mass is 32.2. The van der Waals surface area contributed by atoms with Gasteiger partial charge in [-0.05, 0) is 36.4 Å². The third kappa shape index (κ3) is 3.71. The Labute approximate surface area is 168 Å². The maximum absolute atomic E-state index is 13.9. The van der Waals surface area contributed by atoms with Gasteiger partial charge in [-0.2, -0.15) is 0 Å². The zero-order valence-electron chi connectivity index (χ0n) is 14.6. The lowest BCUT2D eigenvalue weighted by Gasteiger charge is -2.16. The second-order valence-corrected chi connectivity index (χ2v) is 7.76. The highest BCUT2D eigenvalue weighted by Crippen LogP contribution is 2.32. The van der Waals surface area contributed by atoms with Crippen molar-refractivity contribution in [2.24, 2.45) is 0 Å². The van der Waals surface area contributed by atoms with Crippen molar-refractivity contribution in [2.75, 3.05) is 23.5 Å². The summed E-state index contributed by atoms with van der Waals surface area (Å²) in [4.78, 5) is 29.3. The first-order valence-electron chi connectivity index (χ1n) is 8.21. The number of aromatic nitrogens is 1. The Morgan fingerprint density at radius 3 is 2.93 bits per heavy atom. The maximum Gasteiger partial charge on any atom is 0.257 e. The van der Waals surface area contributed by atoms with E-state index in [0.717, 1.165) is 4.90 Å². The number of fused-ring (bicyclic) bond motifs is 1. The Kier molecular flexibility index (Phi) is 5.01. The SMILES string of the molecule is COc1ccc(-c2csc(NC(=O)c3ccc4c(c3)NC(=O)CS4)n2)cc1F. The van der Waals surface area contributed by atoms with Gasteiger partial charge in [-0.1, -0.05) is 0 Å². The number of nitrogens with zero attached hydrogens (tertiary/aromatic N) is 1. The molecule has 0 fully saturated rings. The van der Waals surface area contributed by atoms with Crippen molar-refractivity contribution in [1.82, 2.24) is 4.98 Å². The van der Waals surface area contributed by atoms with Crippen molar-refractivity contribution in [3.8, 4) is 17.0 Å². The van der Waals surface area contributed by atoms with E-state index >= 15 is 0 Å². The molecule has 1 aromatic heterocycles. The number of thioether (sulfide) groups is 1. The van der Waals surface area contributed by atoms with Gasteiger partial charge in [0.05, 0.1) is 24.2 Å². The highest BCUT2D eigenvalue weighted by molar-refractivity contribution is 8.00. The summed E-state index contributed by atoms with van der Waals surface area (Å²) in [5.74, 6) is -0.384. The van der Waals surface area contributed by atoms with Crippen LogP contribution in [-0.2, 0) is 4.79 Å². The molecule has 2 N–H and O–H groups in total. The number of hydrogen-bond acceptors (Lipinski definition) is 6. The van der Waals surface area contributed by atoms with Crippen molar-refractivity contribution in [1.29, 1.82) is 0 Å². The molecule has 0 saturated carbocycles. The van der Waals surface area contributed by atoms with Crippen LogP contribution in [0, 0.1) is 5.82 Å². The lowest BCUT2D eigenvalue weighted by molar-refractivity contribution is -0.113. The van der Waals surface area contributed by atoms with E-state index in [1.807, 2.05) is 6.07 Å². The third-order valence-corrected chi connectivity index (χ3v) is 5.88. The molecule has 3 aromatic rings. The molecule has 4 rings (SSSR count). The molecule has 0 bridgehead atoms. The second-order valence-electron chi connectivity index (χ2n) is 5.89. The summed E-state index contributed by atoms with van der Waals surface area (Å²) in [6.07, 6.45) is 0. The molecule has 0 radical (unpaired) electrons. The molecule has 2 amide bonds. The summed E-state index contributed by atoms with van der Waals surface area (Å²) in [6, 6.07) is 9.72. The van der Waals surface area contributed by atoms with E-state index in [-0.39, 0.29) is 17.6 Å². The number of halogens is 1. The van der Waals surface area contributed by atoms with Crippen LogP contribution in [0.3, 0.4) is 0 Å². The van der Waals surface area contributed by atoms with Crippen LogP contribution in [0.2, 0.25) is 0 Å². The molecule has 142 valence electrons. The smallest absolute Gasteiger partial charge is 0.257 e. The zero-order valence-corrected chi connectivity index (χ0v) is 16.2. The van der Waals surface area contributed by atoms with E-state index in [0.29, 0.717) is 33.4 Å². The van der Waals surface area contributed by atoms with E-state index < -0.39 is 5.82 Å². The molecule has 0 atom stereocenters. The van der Waals surface area contributed by atoms with Gasteiger partial charge >= 0.3 is 0 Å². The Bertz CT molecular complexity index is 1080. The summed E-state index contributed by atoms with van der Waals surface area (Å²) in [5.41, 5.74) is 2.18.